The van der Waals surface area contributed by atoms with Crippen LogP contribution in [-0.4, -0.2) is 51.9 Å². The first kappa shape index (κ1) is 20.4. The topological polar surface area (TPSA) is 69.7 Å². The predicted octanol–water partition coefficient (Wildman–Crippen LogP) is 2.51. The summed E-state index contributed by atoms with van der Waals surface area (Å²) in [5.74, 6) is -0.259. The lowest BCUT2D eigenvalue weighted by atomic mass is 10.1. The quantitative estimate of drug-likeness (QED) is 0.724. The van der Waals surface area contributed by atoms with Gasteiger partial charge in [-0.25, -0.2) is 12.7 Å². The smallest absolute Gasteiger partial charge is 0.251 e. The van der Waals surface area contributed by atoms with Gasteiger partial charge in [-0.3, -0.25) is 4.79 Å². The van der Waals surface area contributed by atoms with Gasteiger partial charge >= 0.3 is 0 Å². The Balaban J connectivity index is 1.56. The second-order valence-electron chi connectivity index (χ2n) is 7.30. The highest BCUT2D eigenvalue weighted by molar-refractivity contribution is 7.89. The van der Waals surface area contributed by atoms with Crippen molar-refractivity contribution >= 4 is 21.6 Å². The van der Waals surface area contributed by atoms with Crippen molar-refractivity contribution in [3.8, 4) is 0 Å². The van der Waals surface area contributed by atoms with Crippen LogP contribution in [0.4, 0.5) is 5.69 Å². The second-order valence-corrected chi connectivity index (χ2v) is 9.45. The number of nitrogens with one attached hydrogen (secondary N) is 1. The van der Waals surface area contributed by atoms with Gasteiger partial charge in [0.1, 0.15) is 0 Å². The van der Waals surface area contributed by atoms with Crippen molar-refractivity contribution in [1.29, 1.82) is 0 Å². The van der Waals surface area contributed by atoms with Gasteiger partial charge in [0.2, 0.25) is 10.0 Å². The zero-order chi connectivity index (χ0) is 20.3. The maximum atomic E-state index is 12.4. The number of anilines is 1. The molecule has 0 aromatic heterocycles. The molecule has 2 aromatic rings. The van der Waals surface area contributed by atoms with Crippen molar-refractivity contribution in [3.05, 3.63) is 59.7 Å². The summed E-state index contributed by atoms with van der Waals surface area (Å²) >= 11 is 0. The zero-order valence-corrected chi connectivity index (χ0v) is 17.4. The summed E-state index contributed by atoms with van der Waals surface area (Å²) < 4.78 is 25.6. The molecule has 28 heavy (non-hydrogen) atoms. The molecule has 0 saturated heterocycles. The first-order chi connectivity index (χ1) is 13.3. The number of sulfonamides is 1. The fraction of sp³-hybridized carbons (Fsp3) is 0.381. The van der Waals surface area contributed by atoms with Gasteiger partial charge in [0.05, 0.1) is 4.90 Å². The number of rotatable bonds is 7. The highest BCUT2D eigenvalue weighted by atomic mass is 32.2. The standard InChI is InChI=1S/C21H27N3O3S/c1-16-14-17-8-4-5-11-20(17)24(16)13-7-12-22-21(25)18-9-6-10-19(15-18)28(26,27)23(2)3/h4-6,8-11,15-16H,7,12-14H2,1-3H3,(H,22,25). The average molecular weight is 402 g/mol. The van der Waals surface area contributed by atoms with Gasteiger partial charge in [-0.2, -0.15) is 0 Å². The van der Waals surface area contributed by atoms with Crippen molar-refractivity contribution in [2.45, 2.75) is 30.7 Å². The van der Waals surface area contributed by atoms with E-state index in [1.54, 1.807) is 12.1 Å². The highest BCUT2D eigenvalue weighted by Gasteiger charge is 2.24. The van der Waals surface area contributed by atoms with Crippen LogP contribution in [0.2, 0.25) is 0 Å². The average Bonchev–Trinajstić information content (AvgIpc) is 3.00. The Morgan fingerprint density at radius 2 is 1.93 bits per heavy atom. The summed E-state index contributed by atoms with van der Waals surface area (Å²) in [6.07, 6.45) is 1.87. The van der Waals surface area contributed by atoms with Gasteiger partial charge in [0.15, 0.2) is 0 Å². The summed E-state index contributed by atoms with van der Waals surface area (Å²) in [4.78, 5) is 14.9. The number of para-hydroxylation sites is 1. The lowest BCUT2D eigenvalue weighted by molar-refractivity contribution is 0.0953. The van der Waals surface area contributed by atoms with Crippen molar-refractivity contribution in [2.24, 2.45) is 0 Å². The van der Waals surface area contributed by atoms with Crippen LogP contribution in [-0.2, 0) is 16.4 Å². The molecule has 7 heteroatoms. The Bertz CT molecular complexity index is 957. The van der Waals surface area contributed by atoms with Crippen LogP contribution in [0.5, 0.6) is 0 Å². The molecule has 3 rings (SSSR count). The Labute approximate surface area is 167 Å². The van der Waals surface area contributed by atoms with E-state index in [4.69, 9.17) is 0 Å². The summed E-state index contributed by atoms with van der Waals surface area (Å²) in [7, 11) is -0.613. The molecule has 0 fully saturated rings. The minimum atomic E-state index is -3.56. The molecule has 0 radical (unpaired) electrons. The monoisotopic (exact) mass is 401 g/mol. The molecule has 150 valence electrons. The number of hydrogen-bond acceptors (Lipinski definition) is 4. The van der Waals surface area contributed by atoms with E-state index in [-0.39, 0.29) is 10.8 Å². The number of benzene rings is 2. The number of amides is 1. The maximum absolute atomic E-state index is 12.4. The van der Waals surface area contributed by atoms with Crippen molar-refractivity contribution in [3.63, 3.8) is 0 Å². The molecule has 1 heterocycles. The van der Waals surface area contributed by atoms with Crippen LogP contribution < -0.4 is 10.2 Å². The molecule has 1 aliphatic rings. The third kappa shape index (κ3) is 4.20. The molecule has 1 atom stereocenters. The van der Waals surface area contributed by atoms with Gasteiger partial charge in [-0.15, -0.1) is 0 Å². The van der Waals surface area contributed by atoms with E-state index in [2.05, 4.69) is 41.4 Å². The van der Waals surface area contributed by atoms with Crippen molar-refractivity contribution < 1.29 is 13.2 Å². The van der Waals surface area contributed by atoms with Crippen LogP contribution >= 0.6 is 0 Å². The van der Waals surface area contributed by atoms with Crippen molar-refractivity contribution in [2.75, 3.05) is 32.1 Å². The van der Waals surface area contributed by atoms with Gasteiger partial charge in [-0.05, 0) is 49.6 Å². The van der Waals surface area contributed by atoms with Gasteiger partial charge in [-0.1, -0.05) is 24.3 Å². The van der Waals surface area contributed by atoms with Gasteiger partial charge in [0.25, 0.3) is 5.91 Å². The fourth-order valence-corrected chi connectivity index (χ4v) is 4.48. The third-order valence-corrected chi connectivity index (χ3v) is 6.90. The molecule has 1 amide bonds. The van der Waals surface area contributed by atoms with Crippen LogP contribution in [0.25, 0.3) is 0 Å². The summed E-state index contributed by atoms with van der Waals surface area (Å²) in [5.41, 5.74) is 3.00. The van der Waals surface area contributed by atoms with Gasteiger partial charge in [0, 0.05) is 44.5 Å². The number of hydrogen-bond donors (Lipinski definition) is 1. The Morgan fingerprint density at radius 1 is 1.18 bits per heavy atom. The minimum Gasteiger partial charge on any atom is -0.368 e. The summed E-state index contributed by atoms with van der Waals surface area (Å²) in [6.45, 7) is 3.62. The van der Waals surface area contributed by atoms with Gasteiger partial charge < -0.3 is 10.2 Å². The molecule has 1 unspecified atom stereocenters. The van der Waals surface area contributed by atoms with Crippen LogP contribution in [0.15, 0.2) is 53.4 Å². The SMILES string of the molecule is CC1Cc2ccccc2N1CCCNC(=O)c1cccc(S(=O)(=O)N(C)C)c1. The summed E-state index contributed by atoms with van der Waals surface area (Å²) in [6, 6.07) is 15.0. The largest absolute Gasteiger partial charge is 0.368 e. The number of carbonyl (C=O) groups excluding carboxylic acids is 1. The van der Waals surface area contributed by atoms with E-state index < -0.39 is 10.0 Å². The molecule has 0 aliphatic carbocycles. The van der Waals surface area contributed by atoms with E-state index >= 15 is 0 Å². The molecule has 6 nitrogen and oxygen atoms in total. The van der Waals surface area contributed by atoms with Crippen LogP contribution in [0, 0.1) is 0 Å². The van der Waals surface area contributed by atoms with E-state index in [1.807, 2.05) is 0 Å². The molecule has 0 bridgehead atoms. The minimum absolute atomic E-state index is 0.118. The second kappa shape index (κ2) is 8.32. The molecular formula is C21H27N3O3S. The van der Waals surface area contributed by atoms with Crippen molar-refractivity contribution in [1.82, 2.24) is 9.62 Å². The highest BCUT2D eigenvalue weighted by Crippen LogP contribution is 2.31. The zero-order valence-electron chi connectivity index (χ0n) is 16.6. The summed E-state index contributed by atoms with van der Waals surface area (Å²) in [5, 5.41) is 2.90. The maximum Gasteiger partial charge on any atom is 0.251 e. The third-order valence-electron chi connectivity index (χ3n) is 5.08. The molecular weight excluding hydrogens is 374 g/mol. The molecule has 1 N–H and O–H groups in total. The van der Waals surface area contributed by atoms with E-state index in [9.17, 15) is 13.2 Å². The fourth-order valence-electron chi connectivity index (χ4n) is 3.53. The van der Waals surface area contributed by atoms with Crippen LogP contribution in [0.1, 0.15) is 29.3 Å². The molecule has 0 spiro atoms. The Kier molecular flexibility index (Phi) is 6.05. The molecule has 1 aliphatic heterocycles. The number of carbonyl (C=O) groups is 1. The Hall–Kier alpha value is -2.38. The first-order valence-corrected chi connectivity index (χ1v) is 10.9. The predicted molar refractivity (Wildman–Crippen MR) is 111 cm³/mol. The number of fused-ring (bicyclic) bond motifs is 1. The van der Waals surface area contributed by atoms with E-state index in [0.717, 1.165) is 23.7 Å². The first-order valence-electron chi connectivity index (χ1n) is 9.46. The molecule has 2 aromatic carbocycles. The Morgan fingerprint density at radius 3 is 2.68 bits per heavy atom. The molecule has 0 saturated carbocycles. The van der Waals surface area contributed by atoms with Crippen LogP contribution in [0.3, 0.4) is 0 Å². The lowest BCUT2D eigenvalue weighted by Gasteiger charge is -2.25. The van der Waals surface area contributed by atoms with E-state index in [1.165, 1.54) is 37.5 Å². The van der Waals surface area contributed by atoms with E-state index in [0.29, 0.717) is 18.2 Å². The normalized spacial score (nSPS) is 16.3. The number of nitrogens with zero attached hydrogens (tertiary/aromatic N) is 2. The lowest BCUT2D eigenvalue weighted by Crippen LogP contribution is -2.33.